The summed E-state index contributed by atoms with van der Waals surface area (Å²) in [7, 11) is 0. The third-order valence-electron chi connectivity index (χ3n) is 1.80. The van der Waals surface area contributed by atoms with Crippen LogP contribution in [0.4, 0.5) is 0 Å². The van der Waals surface area contributed by atoms with Crippen molar-refractivity contribution < 1.29 is 37.5 Å². The van der Waals surface area contributed by atoms with Gasteiger partial charge in [-0.15, -0.1) is 6.42 Å². The number of allylic oxidation sites excluding steroid dienone is 1. The molecule has 59 valence electrons. The zero-order valence-electron chi connectivity index (χ0n) is 6.49. The monoisotopic (exact) mass is 227 g/mol. The van der Waals surface area contributed by atoms with Gasteiger partial charge in [-0.05, 0) is 18.8 Å². The molecule has 0 aliphatic heterocycles. The van der Waals surface area contributed by atoms with Crippen LogP contribution in [0, 0.1) is 5.92 Å². The maximum atomic E-state index is 9.98. The minimum atomic E-state index is 0. The van der Waals surface area contributed by atoms with Gasteiger partial charge in [-0.3, -0.25) is 6.29 Å². The number of hydrogen-bond donors (Lipinski definition) is 1. The van der Waals surface area contributed by atoms with Crippen LogP contribution >= 0.6 is 0 Å². The van der Waals surface area contributed by atoms with Crippen LogP contribution in [-0.4, -0.2) is 12.3 Å². The van der Waals surface area contributed by atoms with Crippen LogP contribution in [0.2, 0.25) is 0 Å². The second-order valence-corrected chi connectivity index (χ2v) is 2.77. The van der Waals surface area contributed by atoms with E-state index in [4.69, 9.17) is 5.73 Å². The Kier molecular flexibility index (Phi) is 6.30. The number of rotatable bonds is 2. The number of nitrogens with two attached hydrogens (primary N) is 1. The van der Waals surface area contributed by atoms with Gasteiger partial charge in [0.2, 0.25) is 0 Å². The molecule has 0 fully saturated rings. The van der Waals surface area contributed by atoms with Crippen LogP contribution in [0.5, 0.6) is 0 Å². The molecule has 1 aliphatic rings. The van der Waals surface area contributed by atoms with E-state index in [1.54, 1.807) is 0 Å². The van der Waals surface area contributed by atoms with Crippen molar-refractivity contribution in [2.75, 3.05) is 0 Å². The second-order valence-electron chi connectivity index (χ2n) is 2.77. The maximum Gasteiger partial charge on any atom is 0.00781 e. The average molecular weight is 227 g/mol. The maximum absolute atomic E-state index is 9.98. The molecular formula is C8H12NOY-. The molecule has 0 aromatic rings. The van der Waals surface area contributed by atoms with Crippen molar-refractivity contribution in [2.45, 2.75) is 25.3 Å². The van der Waals surface area contributed by atoms with E-state index in [9.17, 15) is 4.79 Å². The van der Waals surface area contributed by atoms with Crippen LogP contribution in [0.25, 0.3) is 0 Å². The quantitative estimate of drug-likeness (QED) is 0.559. The fraction of sp³-hybridized carbons (Fsp3) is 0.625. The first kappa shape index (κ1) is 11.5. The summed E-state index contributed by atoms with van der Waals surface area (Å²) >= 11 is 0. The predicted octanol–water partition coefficient (Wildman–Crippen LogP) is 0.777. The first-order valence-electron chi connectivity index (χ1n) is 3.60. The summed E-state index contributed by atoms with van der Waals surface area (Å²) in [6.45, 7) is 0. The summed E-state index contributed by atoms with van der Waals surface area (Å²) in [5.41, 5.74) is 5.67. The van der Waals surface area contributed by atoms with E-state index >= 15 is 0 Å². The van der Waals surface area contributed by atoms with Crippen molar-refractivity contribution >= 4 is 6.29 Å². The first-order chi connectivity index (χ1) is 4.83. The molecule has 0 heterocycles. The zero-order valence-corrected chi connectivity index (χ0v) is 9.33. The Labute approximate surface area is 92.5 Å². The molecule has 0 aromatic heterocycles. The molecule has 1 radical (unpaired) electrons. The van der Waals surface area contributed by atoms with Crippen molar-refractivity contribution in [3.05, 3.63) is 12.2 Å². The van der Waals surface area contributed by atoms with E-state index in [0.717, 1.165) is 12.8 Å². The van der Waals surface area contributed by atoms with Crippen molar-refractivity contribution in [1.82, 2.24) is 0 Å². The molecule has 0 saturated heterocycles. The SMILES string of the molecule is NC1CC=CC(C[C-]=O)C1.[Y]. The molecule has 2 nitrogen and oxygen atoms in total. The molecule has 0 saturated carbocycles. The van der Waals surface area contributed by atoms with Crippen molar-refractivity contribution in [3.8, 4) is 0 Å². The molecule has 0 spiro atoms. The molecule has 1 rings (SSSR count). The standard InChI is InChI=1S/C8H12NO.Y/c9-8-3-1-2-7(6-8)4-5-10;/h1-2,7-8H,3-4,6,9H2;/q-1;. The van der Waals surface area contributed by atoms with Gasteiger partial charge in [-0.25, -0.2) is 0 Å². The normalized spacial score (nSPS) is 29.2. The van der Waals surface area contributed by atoms with Gasteiger partial charge in [0.25, 0.3) is 0 Å². The van der Waals surface area contributed by atoms with Gasteiger partial charge in [0, 0.05) is 38.8 Å². The Balaban J connectivity index is 0.000001000. The van der Waals surface area contributed by atoms with Crippen LogP contribution in [0.3, 0.4) is 0 Å². The zero-order chi connectivity index (χ0) is 7.40. The minimum Gasteiger partial charge on any atom is -0.542 e. The van der Waals surface area contributed by atoms with Crippen LogP contribution < -0.4 is 5.73 Å². The van der Waals surface area contributed by atoms with E-state index < -0.39 is 0 Å². The Morgan fingerprint density at radius 1 is 1.64 bits per heavy atom. The molecule has 0 amide bonds. The van der Waals surface area contributed by atoms with Gasteiger partial charge in [0.15, 0.2) is 0 Å². The molecule has 3 heteroatoms. The topological polar surface area (TPSA) is 43.1 Å². The molecular weight excluding hydrogens is 215 g/mol. The Morgan fingerprint density at radius 3 is 2.91 bits per heavy atom. The van der Waals surface area contributed by atoms with E-state index in [2.05, 4.69) is 12.2 Å². The average Bonchev–Trinajstić information content (AvgIpc) is 1.88. The summed E-state index contributed by atoms with van der Waals surface area (Å²) in [6, 6.07) is 0.253. The van der Waals surface area contributed by atoms with E-state index in [1.165, 1.54) is 0 Å². The Morgan fingerprint density at radius 2 is 2.36 bits per heavy atom. The molecule has 2 unspecified atom stereocenters. The molecule has 0 aromatic carbocycles. The number of carbonyl (C=O) groups excluding carboxylic acids is 1. The van der Waals surface area contributed by atoms with Gasteiger partial charge in [0.05, 0.1) is 0 Å². The smallest absolute Gasteiger partial charge is 0.00781 e. The fourth-order valence-electron chi connectivity index (χ4n) is 1.27. The third kappa shape index (κ3) is 4.14. The van der Waals surface area contributed by atoms with Gasteiger partial charge in [-0.2, -0.15) is 0 Å². The molecule has 2 atom stereocenters. The van der Waals surface area contributed by atoms with Gasteiger partial charge in [0.1, 0.15) is 0 Å². The third-order valence-corrected chi connectivity index (χ3v) is 1.80. The van der Waals surface area contributed by atoms with Gasteiger partial charge in [-0.1, -0.05) is 12.2 Å². The molecule has 1 aliphatic carbocycles. The molecule has 2 N–H and O–H groups in total. The van der Waals surface area contributed by atoms with E-state index in [1.807, 2.05) is 6.29 Å². The Bertz CT molecular complexity index is 147. The first-order valence-corrected chi connectivity index (χ1v) is 3.60. The number of hydrogen-bond acceptors (Lipinski definition) is 2. The fourth-order valence-corrected chi connectivity index (χ4v) is 1.27. The van der Waals surface area contributed by atoms with E-state index in [-0.39, 0.29) is 38.8 Å². The van der Waals surface area contributed by atoms with Crippen LogP contribution in [0.1, 0.15) is 19.3 Å². The summed E-state index contributed by atoms with van der Waals surface area (Å²) in [4.78, 5) is 9.98. The van der Waals surface area contributed by atoms with Gasteiger partial charge >= 0.3 is 0 Å². The largest absolute Gasteiger partial charge is 0.542 e. The summed E-state index contributed by atoms with van der Waals surface area (Å²) in [5, 5.41) is 0. The molecule has 0 bridgehead atoms. The van der Waals surface area contributed by atoms with Crippen molar-refractivity contribution in [3.63, 3.8) is 0 Å². The molecule has 11 heavy (non-hydrogen) atoms. The van der Waals surface area contributed by atoms with Crippen molar-refractivity contribution in [1.29, 1.82) is 0 Å². The Hall–Kier alpha value is 0.474. The van der Waals surface area contributed by atoms with Crippen molar-refractivity contribution in [2.24, 2.45) is 11.7 Å². The minimum absolute atomic E-state index is 0. The van der Waals surface area contributed by atoms with Crippen LogP contribution in [-0.2, 0) is 37.5 Å². The van der Waals surface area contributed by atoms with Crippen LogP contribution in [0.15, 0.2) is 12.2 Å². The summed E-state index contributed by atoms with van der Waals surface area (Å²) in [5.74, 6) is 0.348. The van der Waals surface area contributed by atoms with Gasteiger partial charge < -0.3 is 10.5 Å². The van der Waals surface area contributed by atoms with E-state index in [0.29, 0.717) is 12.3 Å². The second kappa shape index (κ2) is 6.04. The summed E-state index contributed by atoms with van der Waals surface area (Å²) < 4.78 is 0. The predicted molar refractivity (Wildman–Crippen MR) is 40.1 cm³/mol. The summed E-state index contributed by atoms with van der Waals surface area (Å²) in [6.07, 6.45) is 8.41.